The summed E-state index contributed by atoms with van der Waals surface area (Å²) < 4.78 is 0. The Bertz CT molecular complexity index is 241. The van der Waals surface area contributed by atoms with Gasteiger partial charge in [-0.3, -0.25) is 0 Å². The minimum Gasteiger partial charge on any atom is -0.311 e. The molecule has 2 aliphatic carbocycles. The maximum Gasteiger partial charge on any atom is 0.00964 e. The first-order valence-corrected chi connectivity index (χ1v) is 7.81. The van der Waals surface area contributed by atoms with Crippen molar-refractivity contribution in [1.29, 1.82) is 0 Å². The molecule has 3 rings (SSSR count). The van der Waals surface area contributed by atoms with Crippen molar-refractivity contribution in [3.05, 3.63) is 0 Å². The number of hydrogen-bond donors (Lipinski definition) is 1. The third-order valence-electron chi connectivity index (χ3n) is 5.00. The Labute approximate surface area is 106 Å². The van der Waals surface area contributed by atoms with Crippen molar-refractivity contribution < 1.29 is 0 Å². The number of hydrogen-bond acceptors (Lipinski definition) is 2. The molecule has 2 nitrogen and oxygen atoms in total. The second kappa shape index (κ2) is 5.27. The summed E-state index contributed by atoms with van der Waals surface area (Å²) in [6.45, 7) is 5.12. The highest BCUT2D eigenvalue weighted by molar-refractivity contribution is 4.90. The fourth-order valence-electron chi connectivity index (χ4n) is 3.79. The average molecular weight is 236 g/mol. The molecule has 0 aromatic heterocycles. The van der Waals surface area contributed by atoms with Gasteiger partial charge in [0, 0.05) is 18.1 Å². The second-order valence-electron chi connectivity index (χ2n) is 6.68. The zero-order chi connectivity index (χ0) is 11.7. The highest BCUT2D eigenvalue weighted by Gasteiger charge is 2.32. The number of nitrogens with one attached hydrogen (secondary N) is 1. The molecule has 0 aromatic carbocycles. The first-order valence-electron chi connectivity index (χ1n) is 7.81. The number of piperidine rings is 1. The van der Waals surface area contributed by atoms with E-state index in [1.807, 2.05) is 0 Å². The van der Waals surface area contributed by atoms with Crippen molar-refractivity contribution in [1.82, 2.24) is 10.2 Å². The lowest BCUT2D eigenvalue weighted by Gasteiger charge is -2.36. The van der Waals surface area contributed by atoms with Crippen molar-refractivity contribution in [2.24, 2.45) is 5.92 Å². The van der Waals surface area contributed by atoms with Gasteiger partial charge in [-0.05, 0) is 57.5 Å². The van der Waals surface area contributed by atoms with E-state index in [-0.39, 0.29) is 0 Å². The topological polar surface area (TPSA) is 15.3 Å². The molecule has 0 bridgehead atoms. The molecule has 0 amide bonds. The van der Waals surface area contributed by atoms with Crippen LogP contribution in [0.2, 0.25) is 0 Å². The van der Waals surface area contributed by atoms with Crippen LogP contribution in [0, 0.1) is 5.92 Å². The van der Waals surface area contributed by atoms with Crippen LogP contribution in [0.4, 0.5) is 0 Å². The molecule has 1 aliphatic heterocycles. The van der Waals surface area contributed by atoms with E-state index in [9.17, 15) is 0 Å². The van der Waals surface area contributed by atoms with Crippen LogP contribution in [-0.4, -0.2) is 36.1 Å². The molecule has 0 spiro atoms. The van der Waals surface area contributed by atoms with Gasteiger partial charge in [-0.15, -0.1) is 0 Å². The van der Waals surface area contributed by atoms with E-state index >= 15 is 0 Å². The largest absolute Gasteiger partial charge is 0.311 e. The quantitative estimate of drug-likeness (QED) is 0.810. The number of rotatable bonds is 3. The SMILES string of the molecule is CC1CCCC(NC2CCN(C3CC3)CC2)C1. The van der Waals surface area contributed by atoms with Gasteiger partial charge in [0.05, 0.1) is 0 Å². The van der Waals surface area contributed by atoms with Crippen LogP contribution in [0.5, 0.6) is 0 Å². The van der Waals surface area contributed by atoms with Gasteiger partial charge in [0.2, 0.25) is 0 Å². The van der Waals surface area contributed by atoms with Gasteiger partial charge in [0.1, 0.15) is 0 Å². The van der Waals surface area contributed by atoms with Gasteiger partial charge in [0.25, 0.3) is 0 Å². The zero-order valence-corrected chi connectivity index (χ0v) is 11.3. The van der Waals surface area contributed by atoms with Crippen LogP contribution in [-0.2, 0) is 0 Å². The molecule has 3 fully saturated rings. The third-order valence-corrected chi connectivity index (χ3v) is 5.00. The van der Waals surface area contributed by atoms with E-state index in [0.29, 0.717) is 0 Å². The Balaban J connectivity index is 1.40. The standard InChI is InChI=1S/C15H28N2/c1-12-3-2-4-14(11-12)16-13-7-9-17(10-8-13)15-5-6-15/h12-16H,2-11H2,1H3. The lowest BCUT2D eigenvalue weighted by molar-refractivity contribution is 0.171. The van der Waals surface area contributed by atoms with Gasteiger partial charge in [0.15, 0.2) is 0 Å². The fraction of sp³-hybridized carbons (Fsp3) is 1.00. The Morgan fingerprint density at radius 3 is 2.29 bits per heavy atom. The minimum atomic E-state index is 0.820. The normalized spacial score (nSPS) is 37.2. The van der Waals surface area contributed by atoms with Crippen LogP contribution in [0.1, 0.15) is 58.3 Å². The predicted octanol–water partition coefficient (Wildman–Crippen LogP) is 2.78. The van der Waals surface area contributed by atoms with Gasteiger partial charge in [-0.2, -0.15) is 0 Å². The van der Waals surface area contributed by atoms with Gasteiger partial charge in [-0.1, -0.05) is 19.8 Å². The van der Waals surface area contributed by atoms with Gasteiger partial charge < -0.3 is 10.2 Å². The molecule has 2 heteroatoms. The van der Waals surface area contributed by atoms with E-state index in [0.717, 1.165) is 24.0 Å². The molecule has 98 valence electrons. The van der Waals surface area contributed by atoms with E-state index in [4.69, 9.17) is 0 Å². The van der Waals surface area contributed by atoms with Crippen LogP contribution in [0.3, 0.4) is 0 Å². The summed E-state index contributed by atoms with van der Waals surface area (Å²) in [6, 6.07) is 2.63. The monoisotopic (exact) mass is 236 g/mol. The minimum absolute atomic E-state index is 0.820. The highest BCUT2D eigenvalue weighted by Crippen LogP contribution is 2.30. The maximum atomic E-state index is 3.94. The molecule has 1 saturated heterocycles. The van der Waals surface area contributed by atoms with Crippen molar-refractivity contribution in [3.8, 4) is 0 Å². The Morgan fingerprint density at radius 1 is 0.882 bits per heavy atom. The van der Waals surface area contributed by atoms with Crippen LogP contribution < -0.4 is 5.32 Å². The molecule has 2 unspecified atom stereocenters. The summed E-state index contributed by atoms with van der Waals surface area (Å²) in [4.78, 5) is 2.72. The fourth-order valence-corrected chi connectivity index (χ4v) is 3.79. The lowest BCUT2D eigenvalue weighted by Crippen LogP contribution is -2.47. The summed E-state index contributed by atoms with van der Waals surface area (Å²) in [5, 5.41) is 3.94. The summed E-state index contributed by atoms with van der Waals surface area (Å²) >= 11 is 0. The molecular formula is C15H28N2. The smallest absolute Gasteiger partial charge is 0.00964 e. The first-order chi connectivity index (χ1) is 8.31. The van der Waals surface area contributed by atoms with Crippen LogP contribution >= 0.6 is 0 Å². The van der Waals surface area contributed by atoms with E-state index in [1.54, 1.807) is 0 Å². The van der Waals surface area contributed by atoms with Crippen LogP contribution in [0.25, 0.3) is 0 Å². The van der Waals surface area contributed by atoms with Gasteiger partial charge in [-0.25, -0.2) is 0 Å². The zero-order valence-electron chi connectivity index (χ0n) is 11.3. The molecule has 2 atom stereocenters. The summed E-state index contributed by atoms with van der Waals surface area (Å²) in [6.07, 6.45) is 11.5. The summed E-state index contributed by atoms with van der Waals surface area (Å²) in [5.41, 5.74) is 0. The van der Waals surface area contributed by atoms with Crippen molar-refractivity contribution in [2.75, 3.05) is 13.1 Å². The Kier molecular flexibility index (Phi) is 3.72. The number of nitrogens with zero attached hydrogens (tertiary/aromatic N) is 1. The van der Waals surface area contributed by atoms with Crippen molar-refractivity contribution in [2.45, 2.75) is 76.4 Å². The highest BCUT2D eigenvalue weighted by atomic mass is 15.2. The van der Waals surface area contributed by atoms with Crippen LogP contribution in [0.15, 0.2) is 0 Å². The maximum absolute atomic E-state index is 3.94. The van der Waals surface area contributed by atoms with Crippen molar-refractivity contribution >= 4 is 0 Å². The number of likely N-dealkylation sites (tertiary alicyclic amines) is 1. The molecule has 0 aromatic rings. The Hall–Kier alpha value is -0.0800. The average Bonchev–Trinajstić information content (AvgIpc) is 3.14. The van der Waals surface area contributed by atoms with E-state index in [1.165, 1.54) is 64.5 Å². The predicted molar refractivity (Wildman–Crippen MR) is 72.2 cm³/mol. The Morgan fingerprint density at radius 2 is 1.65 bits per heavy atom. The molecule has 2 saturated carbocycles. The molecule has 1 N–H and O–H groups in total. The lowest BCUT2D eigenvalue weighted by atomic mass is 9.86. The van der Waals surface area contributed by atoms with E-state index in [2.05, 4.69) is 17.1 Å². The van der Waals surface area contributed by atoms with E-state index < -0.39 is 0 Å². The molecular weight excluding hydrogens is 208 g/mol. The molecule has 3 aliphatic rings. The summed E-state index contributed by atoms with van der Waals surface area (Å²) in [7, 11) is 0. The molecule has 17 heavy (non-hydrogen) atoms. The molecule has 1 heterocycles. The second-order valence-corrected chi connectivity index (χ2v) is 6.68. The van der Waals surface area contributed by atoms with Crippen molar-refractivity contribution in [3.63, 3.8) is 0 Å². The first kappa shape index (κ1) is 12.0. The third kappa shape index (κ3) is 3.23. The summed E-state index contributed by atoms with van der Waals surface area (Å²) in [5.74, 6) is 0.952. The molecule has 0 radical (unpaired) electrons. The van der Waals surface area contributed by atoms with Gasteiger partial charge >= 0.3 is 0 Å².